The van der Waals surface area contributed by atoms with Crippen LogP contribution in [-0.4, -0.2) is 24.6 Å². The van der Waals surface area contributed by atoms with Crippen molar-refractivity contribution in [3.05, 3.63) is 18.2 Å². The van der Waals surface area contributed by atoms with E-state index >= 15 is 0 Å². The summed E-state index contributed by atoms with van der Waals surface area (Å²) in [5, 5.41) is 0. The zero-order chi connectivity index (χ0) is 13.3. The number of aromatic nitrogens is 2. The number of nitrogens with zero attached hydrogens (tertiary/aromatic N) is 1. The summed E-state index contributed by atoms with van der Waals surface area (Å²) in [6.45, 7) is 6.78. The van der Waals surface area contributed by atoms with Crippen molar-refractivity contribution >= 4 is 10.4 Å². The van der Waals surface area contributed by atoms with E-state index < -0.39 is 10.4 Å². The van der Waals surface area contributed by atoms with E-state index in [-0.39, 0.29) is 6.61 Å². The highest BCUT2D eigenvalue weighted by Crippen LogP contribution is 1.88. The molecule has 1 rings (SSSR count). The molecule has 0 fully saturated rings. The quantitative estimate of drug-likeness (QED) is 0.486. The Morgan fingerprint density at radius 2 is 2.12 bits per heavy atom. The predicted molar refractivity (Wildman–Crippen MR) is 62.0 cm³/mol. The molecule has 1 aromatic rings. The fraction of sp³-hybridized carbons (Fsp3) is 0.700. The van der Waals surface area contributed by atoms with Gasteiger partial charge in [0.2, 0.25) is 10.4 Å². The number of unbranched alkanes of at least 4 members (excludes halogenated alkanes) is 1. The van der Waals surface area contributed by atoms with Crippen molar-refractivity contribution in [3.63, 3.8) is 0 Å². The highest BCUT2D eigenvalue weighted by atomic mass is 32.3. The number of H-pyrrole nitrogens is 1. The van der Waals surface area contributed by atoms with Gasteiger partial charge in [-0.15, -0.1) is 0 Å². The first-order valence-corrected chi connectivity index (χ1v) is 6.87. The molecule has 0 bridgehead atoms. The predicted octanol–water partition coefficient (Wildman–Crippen LogP) is 0.894. The Hall–Kier alpha value is -0.920. The molecule has 7 heteroatoms. The fourth-order valence-electron chi connectivity index (χ4n) is 1.16. The Balaban J connectivity index is 0.000000325. The zero-order valence-electron chi connectivity index (χ0n) is 10.5. The molecule has 1 heterocycles. The molecule has 0 aliphatic carbocycles. The van der Waals surface area contributed by atoms with Crippen LogP contribution < -0.4 is 4.57 Å². The van der Waals surface area contributed by atoms with Gasteiger partial charge in [-0.25, -0.2) is 18.0 Å². The maximum atomic E-state index is 9.45. The van der Waals surface area contributed by atoms with Gasteiger partial charge >= 0.3 is 0 Å². The van der Waals surface area contributed by atoms with Crippen molar-refractivity contribution < 1.29 is 21.7 Å². The van der Waals surface area contributed by atoms with E-state index in [4.69, 9.17) is 0 Å². The molecule has 0 saturated heterocycles. The molecule has 0 aromatic carbocycles. The monoisotopic (exact) mass is 264 g/mol. The molecule has 1 N–H and O–H groups in total. The lowest BCUT2D eigenvalue weighted by Gasteiger charge is -2.02. The fourth-order valence-corrected chi connectivity index (χ4v) is 1.45. The van der Waals surface area contributed by atoms with Crippen molar-refractivity contribution in [2.45, 2.75) is 40.2 Å². The second kappa shape index (κ2) is 8.21. The van der Waals surface area contributed by atoms with Crippen molar-refractivity contribution in [2.75, 3.05) is 6.61 Å². The third-order valence-electron chi connectivity index (χ3n) is 1.99. The van der Waals surface area contributed by atoms with Gasteiger partial charge < -0.3 is 4.55 Å². The lowest BCUT2D eigenvalue weighted by molar-refractivity contribution is -0.701. The minimum Gasteiger partial charge on any atom is -0.726 e. The minimum atomic E-state index is -4.42. The standard InChI is InChI=1S/C8H14N2.C2H6O4S/c1-3-4-6-10-7-5-9-8(10)2;1-2-6-7(3,4)5/h5,7H,3-4,6H2,1-2H3;2H2,1H3,(H,3,4,5). The van der Waals surface area contributed by atoms with Crippen LogP contribution in [-0.2, 0) is 21.1 Å². The van der Waals surface area contributed by atoms with Gasteiger partial charge in [-0.05, 0) is 13.3 Å². The summed E-state index contributed by atoms with van der Waals surface area (Å²) in [5.74, 6) is 1.24. The van der Waals surface area contributed by atoms with E-state index in [1.165, 1.54) is 25.6 Å². The van der Waals surface area contributed by atoms with Crippen LogP contribution in [0.4, 0.5) is 0 Å². The van der Waals surface area contributed by atoms with E-state index in [9.17, 15) is 13.0 Å². The van der Waals surface area contributed by atoms with Crippen LogP contribution in [0, 0.1) is 6.92 Å². The molecule has 0 saturated carbocycles. The highest BCUT2D eigenvalue weighted by Gasteiger charge is 2.01. The summed E-state index contributed by atoms with van der Waals surface area (Å²) in [4.78, 5) is 3.14. The molecule has 100 valence electrons. The van der Waals surface area contributed by atoms with Crippen LogP contribution in [0.5, 0.6) is 0 Å². The van der Waals surface area contributed by atoms with Crippen LogP contribution in [0.15, 0.2) is 12.4 Å². The first-order valence-electron chi connectivity index (χ1n) is 5.54. The molecule has 0 aliphatic heterocycles. The molecule has 0 aliphatic rings. The number of aromatic amines is 1. The Kier molecular flexibility index (Phi) is 7.77. The van der Waals surface area contributed by atoms with Crippen molar-refractivity contribution in [2.24, 2.45) is 0 Å². The SMILES string of the molecule is CCCC[n+]1cc[nH]c1C.CCOS(=O)(=O)[O-]. The van der Waals surface area contributed by atoms with Crippen LogP contribution in [0.25, 0.3) is 0 Å². The summed E-state index contributed by atoms with van der Waals surface area (Å²) >= 11 is 0. The van der Waals surface area contributed by atoms with Gasteiger partial charge in [0.1, 0.15) is 12.4 Å². The molecular weight excluding hydrogens is 244 g/mol. The maximum Gasteiger partial charge on any atom is 0.251 e. The van der Waals surface area contributed by atoms with Crippen LogP contribution >= 0.6 is 0 Å². The summed E-state index contributed by atoms with van der Waals surface area (Å²) in [7, 11) is -4.42. The van der Waals surface area contributed by atoms with Crippen LogP contribution in [0.2, 0.25) is 0 Å². The zero-order valence-corrected chi connectivity index (χ0v) is 11.3. The Bertz CT molecular complexity index is 400. The number of imidazole rings is 1. The number of rotatable bonds is 5. The van der Waals surface area contributed by atoms with Gasteiger partial charge in [-0.3, -0.25) is 4.18 Å². The van der Waals surface area contributed by atoms with Gasteiger partial charge in [-0.1, -0.05) is 13.3 Å². The van der Waals surface area contributed by atoms with Crippen molar-refractivity contribution in [3.8, 4) is 0 Å². The summed E-state index contributed by atoms with van der Waals surface area (Å²) in [6, 6.07) is 0. The smallest absolute Gasteiger partial charge is 0.251 e. The Morgan fingerprint density at radius 3 is 2.41 bits per heavy atom. The molecule has 17 heavy (non-hydrogen) atoms. The van der Waals surface area contributed by atoms with Crippen molar-refractivity contribution in [1.29, 1.82) is 0 Å². The number of hydrogen-bond donors (Lipinski definition) is 1. The normalized spacial score (nSPS) is 10.8. The van der Waals surface area contributed by atoms with Gasteiger partial charge in [0.05, 0.1) is 13.2 Å². The van der Waals surface area contributed by atoms with Crippen LogP contribution in [0.3, 0.4) is 0 Å². The lowest BCUT2D eigenvalue weighted by atomic mass is 10.3. The molecule has 6 nitrogen and oxygen atoms in total. The lowest BCUT2D eigenvalue weighted by Crippen LogP contribution is -2.34. The molecule has 0 amide bonds. The number of nitrogens with one attached hydrogen (secondary N) is 1. The second-order valence-electron chi connectivity index (χ2n) is 3.41. The first kappa shape index (κ1) is 16.1. The summed E-state index contributed by atoms with van der Waals surface area (Å²) in [5.41, 5.74) is 0. The topological polar surface area (TPSA) is 86.1 Å². The molecular formula is C10H20N2O4S. The van der Waals surface area contributed by atoms with Gasteiger partial charge in [0.15, 0.2) is 0 Å². The van der Waals surface area contributed by atoms with E-state index in [0.717, 1.165) is 6.54 Å². The average molecular weight is 264 g/mol. The molecule has 0 atom stereocenters. The van der Waals surface area contributed by atoms with E-state index in [1.54, 1.807) is 0 Å². The Morgan fingerprint density at radius 1 is 1.47 bits per heavy atom. The minimum absolute atomic E-state index is 0.0914. The van der Waals surface area contributed by atoms with Crippen molar-refractivity contribution in [1.82, 2.24) is 4.98 Å². The third kappa shape index (κ3) is 8.84. The summed E-state index contributed by atoms with van der Waals surface area (Å²) in [6.07, 6.45) is 6.59. The van der Waals surface area contributed by atoms with E-state index in [2.05, 4.69) is 33.8 Å². The van der Waals surface area contributed by atoms with E-state index in [1.807, 2.05) is 6.20 Å². The van der Waals surface area contributed by atoms with Gasteiger partial charge in [0.25, 0.3) is 5.82 Å². The maximum absolute atomic E-state index is 9.45. The molecule has 1 aromatic heterocycles. The van der Waals surface area contributed by atoms with E-state index in [0.29, 0.717) is 0 Å². The largest absolute Gasteiger partial charge is 0.726 e. The number of aryl methyl sites for hydroxylation is 2. The van der Waals surface area contributed by atoms with Gasteiger partial charge in [0, 0.05) is 6.92 Å². The number of hydrogen-bond acceptors (Lipinski definition) is 4. The molecule has 0 radical (unpaired) electrons. The highest BCUT2D eigenvalue weighted by molar-refractivity contribution is 7.80. The summed E-state index contributed by atoms with van der Waals surface area (Å²) < 4.78 is 34.2. The molecule has 0 spiro atoms. The van der Waals surface area contributed by atoms with Gasteiger partial charge in [-0.2, -0.15) is 0 Å². The average Bonchev–Trinajstić information content (AvgIpc) is 2.60. The van der Waals surface area contributed by atoms with Crippen LogP contribution in [0.1, 0.15) is 32.5 Å². The first-order chi connectivity index (χ1) is 7.90. The molecule has 0 unspecified atom stereocenters. The Labute approximate surface area is 103 Å². The second-order valence-corrected chi connectivity index (χ2v) is 4.46. The third-order valence-corrected chi connectivity index (χ3v) is 2.52.